The SMILES string of the molecule is CNC(c1c(OC)cccc1OC)C1CCCC1(C)C. The van der Waals surface area contributed by atoms with E-state index >= 15 is 0 Å². The van der Waals surface area contributed by atoms with Crippen LogP contribution >= 0.6 is 0 Å². The Hall–Kier alpha value is -1.22. The highest BCUT2D eigenvalue weighted by Crippen LogP contribution is 2.51. The monoisotopic (exact) mass is 277 g/mol. The first-order valence-electron chi connectivity index (χ1n) is 7.43. The molecule has 1 aliphatic rings. The lowest BCUT2D eigenvalue weighted by Crippen LogP contribution is -2.32. The molecule has 1 saturated carbocycles. The van der Waals surface area contributed by atoms with E-state index in [1.165, 1.54) is 19.3 Å². The summed E-state index contributed by atoms with van der Waals surface area (Å²) < 4.78 is 11.2. The summed E-state index contributed by atoms with van der Waals surface area (Å²) in [5.74, 6) is 2.41. The van der Waals surface area contributed by atoms with Crippen molar-refractivity contribution in [2.24, 2.45) is 11.3 Å². The Morgan fingerprint density at radius 1 is 1.20 bits per heavy atom. The lowest BCUT2D eigenvalue weighted by Gasteiger charge is -2.35. The lowest BCUT2D eigenvalue weighted by atomic mass is 9.75. The maximum absolute atomic E-state index is 5.58. The number of hydrogen-bond acceptors (Lipinski definition) is 3. The molecular formula is C17H27NO2. The maximum Gasteiger partial charge on any atom is 0.127 e. The third kappa shape index (κ3) is 2.64. The van der Waals surface area contributed by atoms with Gasteiger partial charge in [-0.1, -0.05) is 26.3 Å². The van der Waals surface area contributed by atoms with Crippen molar-refractivity contribution in [3.8, 4) is 11.5 Å². The van der Waals surface area contributed by atoms with Gasteiger partial charge in [-0.05, 0) is 43.4 Å². The van der Waals surface area contributed by atoms with Crippen LogP contribution < -0.4 is 14.8 Å². The summed E-state index contributed by atoms with van der Waals surface area (Å²) in [6.45, 7) is 4.74. The summed E-state index contributed by atoms with van der Waals surface area (Å²) >= 11 is 0. The smallest absolute Gasteiger partial charge is 0.127 e. The van der Waals surface area contributed by atoms with Crippen molar-refractivity contribution >= 4 is 0 Å². The molecule has 0 spiro atoms. The van der Waals surface area contributed by atoms with Crippen LogP contribution in [0.4, 0.5) is 0 Å². The Bertz CT molecular complexity index is 434. The molecule has 1 aliphatic carbocycles. The molecule has 1 N–H and O–H groups in total. The minimum absolute atomic E-state index is 0.263. The molecule has 3 nitrogen and oxygen atoms in total. The zero-order chi connectivity index (χ0) is 14.8. The number of benzene rings is 1. The molecule has 0 aromatic heterocycles. The van der Waals surface area contributed by atoms with Crippen LogP contribution in [0, 0.1) is 11.3 Å². The van der Waals surface area contributed by atoms with Crippen molar-refractivity contribution in [1.29, 1.82) is 0 Å². The van der Waals surface area contributed by atoms with Gasteiger partial charge < -0.3 is 14.8 Å². The fourth-order valence-corrected chi connectivity index (χ4v) is 3.70. The molecule has 0 radical (unpaired) electrons. The highest BCUT2D eigenvalue weighted by molar-refractivity contribution is 5.47. The van der Waals surface area contributed by atoms with Gasteiger partial charge in [-0.15, -0.1) is 0 Å². The van der Waals surface area contributed by atoms with Crippen molar-refractivity contribution < 1.29 is 9.47 Å². The van der Waals surface area contributed by atoms with E-state index in [1.54, 1.807) is 14.2 Å². The van der Waals surface area contributed by atoms with Crippen LogP contribution in [-0.4, -0.2) is 21.3 Å². The van der Waals surface area contributed by atoms with Gasteiger partial charge in [0.25, 0.3) is 0 Å². The van der Waals surface area contributed by atoms with Gasteiger partial charge in [0.15, 0.2) is 0 Å². The van der Waals surface area contributed by atoms with Crippen LogP contribution in [0.15, 0.2) is 18.2 Å². The average molecular weight is 277 g/mol. The summed E-state index contributed by atoms with van der Waals surface area (Å²) in [6, 6.07) is 6.28. The van der Waals surface area contributed by atoms with E-state index in [0.29, 0.717) is 11.3 Å². The van der Waals surface area contributed by atoms with Gasteiger partial charge in [-0.2, -0.15) is 0 Å². The maximum atomic E-state index is 5.58. The molecule has 1 fully saturated rings. The summed E-state index contributed by atoms with van der Waals surface area (Å²) in [6.07, 6.45) is 3.83. The Labute approximate surface area is 122 Å². The van der Waals surface area contributed by atoms with Crippen LogP contribution in [0.25, 0.3) is 0 Å². The molecule has 1 aromatic carbocycles. The van der Waals surface area contributed by atoms with Gasteiger partial charge >= 0.3 is 0 Å². The average Bonchev–Trinajstić information content (AvgIpc) is 2.79. The third-order valence-corrected chi connectivity index (χ3v) is 4.83. The van der Waals surface area contributed by atoms with Crippen molar-refractivity contribution in [1.82, 2.24) is 5.32 Å². The van der Waals surface area contributed by atoms with Crippen LogP contribution in [0.1, 0.15) is 44.7 Å². The Morgan fingerprint density at radius 3 is 2.20 bits per heavy atom. The second-order valence-corrected chi connectivity index (χ2v) is 6.33. The third-order valence-electron chi connectivity index (χ3n) is 4.83. The molecule has 20 heavy (non-hydrogen) atoms. The van der Waals surface area contributed by atoms with Gasteiger partial charge in [0, 0.05) is 6.04 Å². The van der Waals surface area contributed by atoms with E-state index in [2.05, 4.69) is 19.2 Å². The number of nitrogens with one attached hydrogen (secondary N) is 1. The second-order valence-electron chi connectivity index (χ2n) is 6.33. The summed E-state index contributed by atoms with van der Waals surface area (Å²) in [5.41, 5.74) is 1.50. The first-order chi connectivity index (χ1) is 9.55. The van der Waals surface area contributed by atoms with Gasteiger partial charge in [-0.25, -0.2) is 0 Å². The number of hydrogen-bond donors (Lipinski definition) is 1. The van der Waals surface area contributed by atoms with Crippen molar-refractivity contribution in [2.45, 2.75) is 39.2 Å². The van der Waals surface area contributed by atoms with Crippen LogP contribution in [0.5, 0.6) is 11.5 Å². The van der Waals surface area contributed by atoms with Gasteiger partial charge in [0.2, 0.25) is 0 Å². The quantitative estimate of drug-likeness (QED) is 0.888. The fraction of sp³-hybridized carbons (Fsp3) is 0.647. The van der Waals surface area contributed by atoms with E-state index in [1.807, 2.05) is 25.2 Å². The molecule has 0 saturated heterocycles. The summed E-state index contributed by atoms with van der Waals surface area (Å²) in [5, 5.41) is 3.51. The molecule has 2 atom stereocenters. The molecule has 2 rings (SSSR count). The van der Waals surface area contributed by atoms with Gasteiger partial charge in [0.1, 0.15) is 11.5 Å². The van der Waals surface area contributed by atoms with Crippen LogP contribution in [0.2, 0.25) is 0 Å². The van der Waals surface area contributed by atoms with Gasteiger partial charge in [0.05, 0.1) is 19.8 Å². The number of ether oxygens (including phenoxy) is 2. The fourth-order valence-electron chi connectivity index (χ4n) is 3.70. The minimum atomic E-state index is 0.263. The number of rotatable bonds is 5. The molecule has 0 heterocycles. The minimum Gasteiger partial charge on any atom is -0.496 e. The Morgan fingerprint density at radius 2 is 1.80 bits per heavy atom. The van der Waals surface area contributed by atoms with E-state index < -0.39 is 0 Å². The topological polar surface area (TPSA) is 30.5 Å². The predicted molar refractivity (Wildman–Crippen MR) is 82.5 cm³/mol. The highest BCUT2D eigenvalue weighted by Gasteiger charge is 2.41. The first-order valence-corrected chi connectivity index (χ1v) is 7.43. The first kappa shape index (κ1) is 15.2. The largest absolute Gasteiger partial charge is 0.496 e. The van der Waals surface area contributed by atoms with Crippen molar-refractivity contribution in [2.75, 3.05) is 21.3 Å². The Kier molecular flexibility index (Phi) is 4.59. The van der Waals surface area contributed by atoms with Crippen LogP contribution in [-0.2, 0) is 0 Å². The lowest BCUT2D eigenvalue weighted by molar-refractivity contribution is 0.198. The van der Waals surface area contributed by atoms with E-state index in [0.717, 1.165) is 17.1 Å². The van der Waals surface area contributed by atoms with Gasteiger partial charge in [-0.3, -0.25) is 0 Å². The Balaban J connectivity index is 2.46. The van der Waals surface area contributed by atoms with Crippen molar-refractivity contribution in [3.05, 3.63) is 23.8 Å². The molecule has 0 aliphatic heterocycles. The van der Waals surface area contributed by atoms with E-state index in [4.69, 9.17) is 9.47 Å². The zero-order valence-electron chi connectivity index (χ0n) is 13.3. The van der Waals surface area contributed by atoms with E-state index in [-0.39, 0.29) is 6.04 Å². The number of methoxy groups -OCH3 is 2. The van der Waals surface area contributed by atoms with Crippen molar-refractivity contribution in [3.63, 3.8) is 0 Å². The highest BCUT2D eigenvalue weighted by atomic mass is 16.5. The predicted octanol–water partition coefficient (Wildman–Crippen LogP) is 3.79. The molecule has 3 heteroatoms. The summed E-state index contributed by atoms with van der Waals surface area (Å²) in [4.78, 5) is 0. The molecule has 2 unspecified atom stereocenters. The molecule has 0 amide bonds. The van der Waals surface area contributed by atoms with Crippen LogP contribution in [0.3, 0.4) is 0 Å². The molecule has 112 valence electrons. The normalized spacial score (nSPS) is 22.6. The summed E-state index contributed by atoms with van der Waals surface area (Å²) in [7, 11) is 5.49. The standard InChI is InChI=1S/C17H27NO2/c1-17(2)11-7-8-12(17)16(18-3)15-13(19-4)9-6-10-14(15)20-5/h6,9-10,12,16,18H,7-8,11H2,1-5H3. The molecule has 1 aromatic rings. The van der Waals surface area contributed by atoms with E-state index in [9.17, 15) is 0 Å². The zero-order valence-corrected chi connectivity index (χ0v) is 13.3. The second kappa shape index (κ2) is 6.04. The molecular weight excluding hydrogens is 250 g/mol. The molecule has 0 bridgehead atoms.